The maximum absolute atomic E-state index is 11.2. The number of sulfone groups is 1. The Labute approximate surface area is 126 Å². The number of thiazole rings is 1. The van der Waals surface area contributed by atoms with E-state index < -0.39 is 9.84 Å². The summed E-state index contributed by atoms with van der Waals surface area (Å²) >= 11 is 1.66. The van der Waals surface area contributed by atoms with Gasteiger partial charge in [0.1, 0.15) is 9.84 Å². The van der Waals surface area contributed by atoms with Gasteiger partial charge in [0.15, 0.2) is 5.13 Å². The van der Waals surface area contributed by atoms with Crippen molar-refractivity contribution in [2.45, 2.75) is 33.2 Å². The van der Waals surface area contributed by atoms with Crippen LogP contribution in [-0.4, -0.2) is 45.5 Å². The predicted octanol–water partition coefficient (Wildman–Crippen LogP) is 1.69. The molecule has 20 heavy (non-hydrogen) atoms. The van der Waals surface area contributed by atoms with Gasteiger partial charge in [-0.05, 0) is 13.0 Å². The third kappa shape index (κ3) is 5.76. The Morgan fingerprint density at radius 1 is 1.35 bits per heavy atom. The number of hydrogen-bond acceptors (Lipinski definition) is 6. The van der Waals surface area contributed by atoms with E-state index in [0.717, 1.165) is 36.8 Å². The second kappa shape index (κ2) is 7.95. The van der Waals surface area contributed by atoms with Crippen molar-refractivity contribution in [3.8, 4) is 0 Å². The first-order valence-electron chi connectivity index (χ1n) is 6.95. The molecular formula is C13H25N3O2S2. The molecule has 7 heteroatoms. The highest BCUT2D eigenvalue weighted by Gasteiger charge is 2.14. The van der Waals surface area contributed by atoms with Crippen LogP contribution in [-0.2, 0) is 22.8 Å². The van der Waals surface area contributed by atoms with E-state index in [9.17, 15) is 8.42 Å². The number of nitrogens with zero attached hydrogens (tertiary/aromatic N) is 2. The van der Waals surface area contributed by atoms with E-state index in [2.05, 4.69) is 24.1 Å². The second-order valence-electron chi connectivity index (χ2n) is 4.95. The Kier molecular flexibility index (Phi) is 6.91. The molecule has 0 radical (unpaired) electrons. The monoisotopic (exact) mass is 319 g/mol. The predicted molar refractivity (Wildman–Crippen MR) is 86.5 cm³/mol. The normalized spacial score (nSPS) is 11.8. The summed E-state index contributed by atoms with van der Waals surface area (Å²) in [6.45, 7) is 6.48. The van der Waals surface area contributed by atoms with Crippen molar-refractivity contribution in [1.82, 2.24) is 10.3 Å². The number of rotatable bonds is 9. The summed E-state index contributed by atoms with van der Waals surface area (Å²) in [4.78, 5) is 7.85. The number of hydrogen-bond donors (Lipinski definition) is 1. The summed E-state index contributed by atoms with van der Waals surface area (Å²) < 4.78 is 22.5. The Hall–Kier alpha value is -0.660. The summed E-state index contributed by atoms with van der Waals surface area (Å²) in [6.07, 6.45) is 3.30. The van der Waals surface area contributed by atoms with Crippen molar-refractivity contribution >= 4 is 26.3 Å². The molecule has 0 aliphatic carbocycles. The fraction of sp³-hybridized carbons (Fsp3) is 0.769. The van der Waals surface area contributed by atoms with Gasteiger partial charge in [0, 0.05) is 31.3 Å². The van der Waals surface area contributed by atoms with E-state index >= 15 is 0 Å². The molecule has 116 valence electrons. The van der Waals surface area contributed by atoms with Crippen LogP contribution in [0.3, 0.4) is 0 Å². The van der Waals surface area contributed by atoms with Gasteiger partial charge in [0.2, 0.25) is 0 Å². The molecule has 1 aromatic rings. The molecule has 1 N–H and O–H groups in total. The quantitative estimate of drug-likeness (QED) is 0.750. The molecule has 1 rings (SSSR count). The van der Waals surface area contributed by atoms with Crippen LogP contribution in [0.1, 0.15) is 30.8 Å². The SMILES string of the molecule is CCCc1nc(N(C)CCS(C)(=O)=O)sc1CNCC. The summed E-state index contributed by atoms with van der Waals surface area (Å²) in [6, 6.07) is 0. The molecule has 0 aromatic carbocycles. The lowest BCUT2D eigenvalue weighted by molar-refractivity contribution is 0.601. The molecule has 0 bridgehead atoms. The summed E-state index contributed by atoms with van der Waals surface area (Å²) in [5, 5.41) is 4.24. The molecule has 0 atom stereocenters. The van der Waals surface area contributed by atoms with Crippen molar-refractivity contribution in [1.29, 1.82) is 0 Å². The van der Waals surface area contributed by atoms with Gasteiger partial charge in [-0.15, -0.1) is 11.3 Å². The summed E-state index contributed by atoms with van der Waals surface area (Å²) in [7, 11) is -1.03. The molecule has 1 heterocycles. The lowest BCUT2D eigenvalue weighted by Crippen LogP contribution is -2.24. The first-order chi connectivity index (χ1) is 9.37. The molecule has 5 nitrogen and oxygen atoms in total. The van der Waals surface area contributed by atoms with Crippen LogP contribution in [0.25, 0.3) is 0 Å². The standard InChI is InChI=1S/C13H25N3O2S2/c1-5-7-11-12(10-14-6-2)19-13(15-11)16(3)8-9-20(4,17)18/h14H,5-10H2,1-4H3. The summed E-state index contributed by atoms with van der Waals surface area (Å²) in [5.41, 5.74) is 1.14. The van der Waals surface area contributed by atoms with Crippen LogP contribution < -0.4 is 10.2 Å². The molecule has 0 saturated heterocycles. The van der Waals surface area contributed by atoms with E-state index in [1.165, 1.54) is 11.1 Å². The van der Waals surface area contributed by atoms with Gasteiger partial charge in [0.25, 0.3) is 0 Å². The average molecular weight is 319 g/mol. The third-order valence-electron chi connectivity index (χ3n) is 2.91. The molecule has 0 aliphatic heterocycles. The largest absolute Gasteiger partial charge is 0.350 e. The Morgan fingerprint density at radius 3 is 2.60 bits per heavy atom. The molecule has 0 unspecified atom stereocenters. The van der Waals surface area contributed by atoms with Gasteiger partial charge in [-0.1, -0.05) is 20.3 Å². The van der Waals surface area contributed by atoms with Gasteiger partial charge >= 0.3 is 0 Å². The van der Waals surface area contributed by atoms with Crippen LogP contribution in [0.4, 0.5) is 5.13 Å². The molecule has 0 aliphatic rings. The first-order valence-corrected chi connectivity index (χ1v) is 9.83. The maximum atomic E-state index is 11.2. The fourth-order valence-corrected chi connectivity index (χ4v) is 3.41. The smallest absolute Gasteiger partial charge is 0.185 e. The maximum Gasteiger partial charge on any atom is 0.185 e. The van der Waals surface area contributed by atoms with E-state index in [1.807, 2.05) is 11.9 Å². The van der Waals surface area contributed by atoms with Gasteiger partial charge in [-0.2, -0.15) is 0 Å². The van der Waals surface area contributed by atoms with Crippen molar-refractivity contribution < 1.29 is 8.42 Å². The van der Waals surface area contributed by atoms with Gasteiger partial charge < -0.3 is 10.2 Å². The third-order valence-corrected chi connectivity index (χ3v) is 5.05. The minimum Gasteiger partial charge on any atom is -0.350 e. The van der Waals surface area contributed by atoms with E-state index in [0.29, 0.717) is 6.54 Å². The molecule has 1 aromatic heterocycles. The van der Waals surface area contributed by atoms with Crippen LogP contribution in [0.5, 0.6) is 0 Å². The number of nitrogens with one attached hydrogen (secondary N) is 1. The minimum absolute atomic E-state index is 0.161. The number of aryl methyl sites for hydroxylation is 1. The number of anilines is 1. The van der Waals surface area contributed by atoms with Gasteiger partial charge in [0.05, 0.1) is 11.4 Å². The van der Waals surface area contributed by atoms with E-state index in [4.69, 9.17) is 0 Å². The van der Waals surface area contributed by atoms with Crippen LogP contribution in [0.2, 0.25) is 0 Å². The van der Waals surface area contributed by atoms with Crippen molar-refractivity contribution in [2.75, 3.05) is 37.0 Å². The highest BCUT2D eigenvalue weighted by molar-refractivity contribution is 7.90. The highest BCUT2D eigenvalue weighted by Crippen LogP contribution is 2.26. The first kappa shape index (κ1) is 17.4. The topological polar surface area (TPSA) is 62.3 Å². The van der Waals surface area contributed by atoms with Gasteiger partial charge in [-0.3, -0.25) is 0 Å². The Bertz CT molecular complexity index is 512. The van der Waals surface area contributed by atoms with Crippen LogP contribution >= 0.6 is 11.3 Å². The lowest BCUT2D eigenvalue weighted by atomic mass is 10.2. The molecule has 0 fully saturated rings. The lowest BCUT2D eigenvalue weighted by Gasteiger charge is -2.14. The number of aromatic nitrogens is 1. The zero-order chi connectivity index (χ0) is 15.2. The zero-order valence-electron chi connectivity index (χ0n) is 12.8. The van der Waals surface area contributed by atoms with E-state index in [-0.39, 0.29) is 5.75 Å². The Morgan fingerprint density at radius 2 is 2.05 bits per heavy atom. The highest BCUT2D eigenvalue weighted by atomic mass is 32.2. The van der Waals surface area contributed by atoms with Gasteiger partial charge in [-0.25, -0.2) is 13.4 Å². The second-order valence-corrected chi connectivity index (χ2v) is 8.27. The summed E-state index contributed by atoms with van der Waals surface area (Å²) in [5.74, 6) is 0.161. The molecule has 0 saturated carbocycles. The van der Waals surface area contributed by atoms with Crippen LogP contribution in [0.15, 0.2) is 0 Å². The zero-order valence-corrected chi connectivity index (χ0v) is 14.4. The minimum atomic E-state index is -2.93. The van der Waals surface area contributed by atoms with Crippen LogP contribution in [0, 0.1) is 0 Å². The van der Waals surface area contributed by atoms with Crippen molar-refractivity contribution in [3.05, 3.63) is 10.6 Å². The van der Waals surface area contributed by atoms with Crippen molar-refractivity contribution in [2.24, 2.45) is 0 Å². The van der Waals surface area contributed by atoms with E-state index in [1.54, 1.807) is 11.3 Å². The molecule has 0 amide bonds. The molecular weight excluding hydrogens is 294 g/mol. The molecule has 0 spiro atoms. The Balaban J connectivity index is 2.78. The average Bonchev–Trinajstić information content (AvgIpc) is 2.76. The van der Waals surface area contributed by atoms with Crippen molar-refractivity contribution in [3.63, 3.8) is 0 Å². The fourth-order valence-electron chi connectivity index (χ4n) is 1.74.